The first-order valence-corrected chi connectivity index (χ1v) is 6.97. The van der Waals surface area contributed by atoms with Gasteiger partial charge in [0, 0.05) is 24.1 Å². The summed E-state index contributed by atoms with van der Waals surface area (Å²) in [4.78, 5) is 10.7. The van der Waals surface area contributed by atoms with E-state index in [9.17, 15) is 10.1 Å². The number of aryl methyl sites for hydroxylation is 2. The third-order valence-electron chi connectivity index (χ3n) is 3.09. The molecule has 112 valence electrons. The summed E-state index contributed by atoms with van der Waals surface area (Å²) in [6.45, 7) is 2.26. The number of halogens is 1. The van der Waals surface area contributed by atoms with Gasteiger partial charge in [-0.3, -0.25) is 10.1 Å². The standard InChI is InChI=1S/C13H15BrN4O3/c1-8-10(13(21-3)17(2)16-8)7-15-11-5-4-9(14)6-12(11)18(19)20/h4-6,15H,7H2,1-3H3. The van der Waals surface area contributed by atoms with Gasteiger partial charge in [-0.25, -0.2) is 4.68 Å². The minimum Gasteiger partial charge on any atom is -0.481 e. The van der Waals surface area contributed by atoms with E-state index in [4.69, 9.17) is 4.74 Å². The zero-order chi connectivity index (χ0) is 15.6. The largest absolute Gasteiger partial charge is 0.481 e. The van der Waals surface area contributed by atoms with Crippen molar-refractivity contribution >= 4 is 27.3 Å². The van der Waals surface area contributed by atoms with Crippen molar-refractivity contribution in [3.63, 3.8) is 0 Å². The van der Waals surface area contributed by atoms with E-state index in [1.165, 1.54) is 6.07 Å². The van der Waals surface area contributed by atoms with Gasteiger partial charge < -0.3 is 10.1 Å². The van der Waals surface area contributed by atoms with Crippen LogP contribution in [0, 0.1) is 17.0 Å². The quantitative estimate of drug-likeness (QED) is 0.659. The predicted octanol–water partition coefficient (Wildman–Crippen LogP) is 3.02. The van der Waals surface area contributed by atoms with Gasteiger partial charge in [-0.05, 0) is 19.1 Å². The monoisotopic (exact) mass is 354 g/mol. The minimum atomic E-state index is -0.416. The van der Waals surface area contributed by atoms with Crippen LogP contribution in [0.2, 0.25) is 0 Å². The van der Waals surface area contributed by atoms with Crippen LogP contribution in [0.25, 0.3) is 0 Å². The summed E-state index contributed by atoms with van der Waals surface area (Å²) in [5.41, 5.74) is 2.16. The van der Waals surface area contributed by atoms with Crippen LogP contribution in [0.1, 0.15) is 11.3 Å². The van der Waals surface area contributed by atoms with Crippen molar-refractivity contribution < 1.29 is 9.66 Å². The van der Waals surface area contributed by atoms with Crippen molar-refractivity contribution in [1.82, 2.24) is 9.78 Å². The van der Waals surface area contributed by atoms with Gasteiger partial charge in [-0.15, -0.1) is 0 Å². The molecular weight excluding hydrogens is 340 g/mol. The maximum Gasteiger partial charge on any atom is 0.293 e. The number of benzene rings is 1. The molecule has 0 spiro atoms. The number of hydrogen-bond donors (Lipinski definition) is 1. The highest BCUT2D eigenvalue weighted by Gasteiger charge is 2.17. The fourth-order valence-electron chi connectivity index (χ4n) is 2.13. The van der Waals surface area contributed by atoms with E-state index in [1.54, 1.807) is 31.0 Å². The first-order chi connectivity index (χ1) is 9.93. The van der Waals surface area contributed by atoms with Crippen molar-refractivity contribution in [3.8, 4) is 5.88 Å². The van der Waals surface area contributed by atoms with E-state index in [0.717, 1.165) is 11.3 Å². The number of hydrogen-bond acceptors (Lipinski definition) is 5. The number of rotatable bonds is 5. The molecule has 0 aliphatic rings. The van der Waals surface area contributed by atoms with Crippen LogP contribution in [-0.2, 0) is 13.6 Å². The molecule has 0 saturated carbocycles. The Hall–Kier alpha value is -2.09. The molecule has 2 aromatic rings. The summed E-state index contributed by atoms with van der Waals surface area (Å²) in [5, 5.41) is 18.4. The molecule has 0 unspecified atom stereocenters. The van der Waals surface area contributed by atoms with Crippen LogP contribution in [-0.4, -0.2) is 21.8 Å². The average Bonchev–Trinajstić information content (AvgIpc) is 2.70. The van der Waals surface area contributed by atoms with Crippen molar-refractivity contribution in [2.75, 3.05) is 12.4 Å². The zero-order valence-corrected chi connectivity index (χ0v) is 13.5. The smallest absolute Gasteiger partial charge is 0.293 e. The number of anilines is 1. The molecular formula is C13H15BrN4O3. The van der Waals surface area contributed by atoms with E-state index in [1.807, 2.05) is 6.92 Å². The molecule has 1 heterocycles. The number of aromatic nitrogens is 2. The van der Waals surface area contributed by atoms with Gasteiger partial charge in [-0.1, -0.05) is 15.9 Å². The molecule has 0 amide bonds. The van der Waals surface area contributed by atoms with E-state index < -0.39 is 4.92 Å². The highest BCUT2D eigenvalue weighted by atomic mass is 79.9. The lowest BCUT2D eigenvalue weighted by Crippen LogP contribution is -2.05. The SMILES string of the molecule is COc1c(CNc2ccc(Br)cc2[N+](=O)[O-])c(C)nn1C. The number of nitro groups is 1. The topological polar surface area (TPSA) is 82.2 Å². The first kappa shape index (κ1) is 15.3. The average molecular weight is 355 g/mol. The fraction of sp³-hybridized carbons (Fsp3) is 0.308. The summed E-state index contributed by atoms with van der Waals surface area (Å²) in [5.74, 6) is 0.639. The first-order valence-electron chi connectivity index (χ1n) is 6.18. The Morgan fingerprint density at radius 1 is 1.52 bits per heavy atom. The predicted molar refractivity (Wildman–Crippen MR) is 82.6 cm³/mol. The van der Waals surface area contributed by atoms with Gasteiger partial charge in [0.25, 0.3) is 5.69 Å². The normalized spacial score (nSPS) is 10.5. The molecule has 0 bridgehead atoms. The van der Waals surface area contributed by atoms with E-state index in [-0.39, 0.29) is 5.69 Å². The Labute approximate surface area is 130 Å². The van der Waals surface area contributed by atoms with Crippen molar-refractivity contribution in [2.45, 2.75) is 13.5 Å². The van der Waals surface area contributed by atoms with Gasteiger partial charge in [0.1, 0.15) is 5.69 Å². The molecule has 0 aliphatic heterocycles. The van der Waals surface area contributed by atoms with Crippen molar-refractivity contribution in [1.29, 1.82) is 0 Å². The second kappa shape index (κ2) is 6.13. The zero-order valence-electron chi connectivity index (χ0n) is 11.9. The van der Waals surface area contributed by atoms with E-state index >= 15 is 0 Å². The minimum absolute atomic E-state index is 0.0184. The number of methoxy groups -OCH3 is 1. The lowest BCUT2D eigenvalue weighted by molar-refractivity contribution is -0.384. The van der Waals surface area contributed by atoms with Gasteiger partial charge in [0.05, 0.1) is 23.3 Å². The van der Waals surface area contributed by atoms with Crippen LogP contribution < -0.4 is 10.1 Å². The van der Waals surface area contributed by atoms with Crippen LogP contribution in [0.5, 0.6) is 5.88 Å². The maximum absolute atomic E-state index is 11.1. The van der Waals surface area contributed by atoms with Gasteiger partial charge in [0.2, 0.25) is 5.88 Å². The molecule has 21 heavy (non-hydrogen) atoms. The second-order valence-corrected chi connectivity index (χ2v) is 5.38. The fourth-order valence-corrected chi connectivity index (χ4v) is 2.48. The molecule has 2 rings (SSSR count). The number of ether oxygens (including phenoxy) is 1. The Balaban J connectivity index is 2.27. The Morgan fingerprint density at radius 3 is 2.86 bits per heavy atom. The molecule has 7 nitrogen and oxygen atoms in total. The summed E-state index contributed by atoms with van der Waals surface area (Å²) >= 11 is 3.23. The van der Waals surface area contributed by atoms with Crippen LogP contribution >= 0.6 is 15.9 Å². The molecule has 1 N–H and O–H groups in total. The van der Waals surface area contributed by atoms with Gasteiger partial charge in [-0.2, -0.15) is 5.10 Å². The molecule has 1 aromatic heterocycles. The molecule has 0 fully saturated rings. The van der Waals surface area contributed by atoms with Crippen LogP contribution in [0.15, 0.2) is 22.7 Å². The third-order valence-corrected chi connectivity index (χ3v) is 3.59. The molecule has 0 atom stereocenters. The lowest BCUT2D eigenvalue weighted by Gasteiger charge is -2.09. The Morgan fingerprint density at radius 2 is 2.24 bits per heavy atom. The second-order valence-electron chi connectivity index (χ2n) is 4.47. The number of nitrogens with zero attached hydrogens (tertiary/aromatic N) is 3. The lowest BCUT2D eigenvalue weighted by atomic mass is 10.2. The summed E-state index contributed by atoms with van der Waals surface area (Å²) in [7, 11) is 3.36. The Kier molecular flexibility index (Phi) is 4.46. The molecule has 0 aliphatic carbocycles. The van der Waals surface area contributed by atoms with E-state index in [2.05, 4.69) is 26.3 Å². The van der Waals surface area contributed by atoms with Gasteiger partial charge >= 0.3 is 0 Å². The highest BCUT2D eigenvalue weighted by molar-refractivity contribution is 9.10. The summed E-state index contributed by atoms with van der Waals surface area (Å²) in [6.07, 6.45) is 0. The third kappa shape index (κ3) is 3.15. The van der Waals surface area contributed by atoms with E-state index in [0.29, 0.717) is 22.6 Å². The van der Waals surface area contributed by atoms with Crippen LogP contribution in [0.4, 0.5) is 11.4 Å². The summed E-state index contributed by atoms with van der Waals surface area (Å²) in [6, 6.07) is 4.89. The molecule has 1 aromatic carbocycles. The molecule has 0 saturated heterocycles. The molecule has 8 heteroatoms. The summed E-state index contributed by atoms with van der Waals surface area (Å²) < 4.78 is 7.60. The molecule has 0 radical (unpaired) electrons. The van der Waals surface area contributed by atoms with Gasteiger partial charge in [0.15, 0.2) is 0 Å². The Bertz CT molecular complexity index is 684. The van der Waals surface area contributed by atoms with Crippen molar-refractivity contribution in [2.24, 2.45) is 7.05 Å². The maximum atomic E-state index is 11.1. The highest BCUT2D eigenvalue weighted by Crippen LogP contribution is 2.29. The number of nitrogens with one attached hydrogen (secondary N) is 1. The van der Waals surface area contributed by atoms with Crippen molar-refractivity contribution in [3.05, 3.63) is 44.0 Å². The van der Waals surface area contributed by atoms with Crippen LogP contribution in [0.3, 0.4) is 0 Å². The number of nitro benzene ring substituents is 1.